The lowest BCUT2D eigenvalue weighted by Gasteiger charge is -2.11. The molecule has 0 saturated carbocycles. The Kier molecular flexibility index (Phi) is 2.95. The molecule has 112 valence electrons. The Morgan fingerprint density at radius 3 is 2.45 bits per heavy atom. The quantitative estimate of drug-likeness (QED) is 0.629. The van der Waals surface area contributed by atoms with Crippen LogP contribution < -0.4 is 10.2 Å². The first-order valence-corrected chi connectivity index (χ1v) is 6.32. The van der Waals surface area contributed by atoms with E-state index in [-0.39, 0.29) is 39.2 Å². The van der Waals surface area contributed by atoms with E-state index in [1.807, 2.05) is 0 Å². The normalized spacial score (nSPS) is 11.0. The van der Waals surface area contributed by atoms with Crippen LogP contribution in [0.3, 0.4) is 0 Å². The second kappa shape index (κ2) is 4.70. The molecule has 0 aliphatic carbocycles. The number of phenolic OH excluding ortho intramolecular Hbond substituents is 3. The van der Waals surface area contributed by atoms with Crippen LogP contribution in [-0.4, -0.2) is 22.4 Å². The van der Waals surface area contributed by atoms with Gasteiger partial charge in [0.25, 0.3) is 0 Å². The lowest BCUT2D eigenvalue weighted by molar-refractivity contribution is 0.376. The first-order chi connectivity index (χ1) is 10.5. The highest BCUT2D eigenvalue weighted by Gasteiger charge is 2.20. The van der Waals surface area contributed by atoms with Crippen LogP contribution >= 0.6 is 0 Å². The van der Waals surface area contributed by atoms with E-state index in [1.54, 1.807) is 0 Å². The molecule has 0 spiro atoms. The van der Waals surface area contributed by atoms with Crippen molar-refractivity contribution in [3.05, 3.63) is 40.6 Å². The minimum absolute atomic E-state index is 0.000843. The fourth-order valence-corrected chi connectivity index (χ4v) is 2.43. The molecule has 0 unspecified atom stereocenters. The highest BCUT2D eigenvalue weighted by Crippen LogP contribution is 2.39. The molecule has 6 heteroatoms. The van der Waals surface area contributed by atoms with Crippen LogP contribution in [0.2, 0.25) is 0 Å². The highest BCUT2D eigenvalue weighted by molar-refractivity contribution is 5.98. The molecule has 0 aliphatic heterocycles. The van der Waals surface area contributed by atoms with Crippen LogP contribution in [0.5, 0.6) is 23.0 Å². The molecule has 0 bridgehead atoms. The molecule has 3 rings (SSSR count). The van der Waals surface area contributed by atoms with Crippen molar-refractivity contribution in [3.8, 4) is 23.0 Å². The topological polar surface area (TPSA) is 100 Å². The van der Waals surface area contributed by atoms with Gasteiger partial charge in [0.2, 0.25) is 5.43 Å². The van der Waals surface area contributed by atoms with Gasteiger partial charge in [0, 0.05) is 17.7 Å². The van der Waals surface area contributed by atoms with Crippen LogP contribution in [0.4, 0.5) is 0 Å². The van der Waals surface area contributed by atoms with Gasteiger partial charge in [-0.1, -0.05) is 12.7 Å². The fourth-order valence-electron chi connectivity index (χ4n) is 2.43. The minimum atomic E-state index is -0.573. The Hall–Kier alpha value is -3.15. The lowest BCUT2D eigenvalue weighted by atomic mass is 10.1. The lowest BCUT2D eigenvalue weighted by Crippen LogP contribution is -2.05. The van der Waals surface area contributed by atoms with Crippen molar-refractivity contribution in [2.45, 2.75) is 0 Å². The third kappa shape index (κ3) is 1.77. The number of ether oxygens (including phenoxy) is 1. The second-order valence-corrected chi connectivity index (χ2v) is 4.69. The van der Waals surface area contributed by atoms with E-state index in [4.69, 9.17) is 9.15 Å². The van der Waals surface area contributed by atoms with Gasteiger partial charge in [-0.2, -0.15) is 0 Å². The van der Waals surface area contributed by atoms with Gasteiger partial charge in [-0.05, 0) is 6.07 Å². The molecular weight excluding hydrogens is 288 g/mol. The largest absolute Gasteiger partial charge is 0.508 e. The molecule has 0 radical (unpaired) electrons. The maximum Gasteiger partial charge on any atom is 0.208 e. The molecule has 3 aromatic rings. The third-order valence-corrected chi connectivity index (χ3v) is 3.41. The summed E-state index contributed by atoms with van der Waals surface area (Å²) in [5.41, 5.74) is -0.0717. The molecule has 0 aliphatic rings. The van der Waals surface area contributed by atoms with Crippen LogP contribution in [0.25, 0.3) is 28.0 Å². The molecular formula is C16H12O6. The van der Waals surface area contributed by atoms with Gasteiger partial charge in [-0.3, -0.25) is 4.79 Å². The standard InChI is InChI=1S/C16H12O6/c1-3-7-4-10-13(16(21-2)14(7)19)15(20)12-9(18)5-8(17)6-11(12)22-10/h3-6,17-19H,1H2,2H3. The van der Waals surface area contributed by atoms with E-state index in [1.165, 1.54) is 25.3 Å². The molecule has 0 atom stereocenters. The first kappa shape index (κ1) is 13.8. The van der Waals surface area contributed by atoms with Crippen LogP contribution in [0.15, 0.2) is 34.0 Å². The van der Waals surface area contributed by atoms with Crippen molar-refractivity contribution in [3.63, 3.8) is 0 Å². The smallest absolute Gasteiger partial charge is 0.208 e. The monoisotopic (exact) mass is 300 g/mol. The molecule has 0 amide bonds. The molecule has 3 N–H and O–H groups in total. The van der Waals surface area contributed by atoms with Crippen molar-refractivity contribution in [2.24, 2.45) is 0 Å². The number of aromatic hydroxyl groups is 3. The van der Waals surface area contributed by atoms with Crippen molar-refractivity contribution in [1.29, 1.82) is 0 Å². The predicted octanol–water partition coefficient (Wildman–Crippen LogP) is 2.71. The zero-order valence-corrected chi connectivity index (χ0v) is 11.6. The Bertz CT molecular complexity index is 984. The second-order valence-electron chi connectivity index (χ2n) is 4.69. The van der Waals surface area contributed by atoms with Gasteiger partial charge in [0.05, 0.1) is 7.11 Å². The predicted molar refractivity (Wildman–Crippen MR) is 81.6 cm³/mol. The summed E-state index contributed by atoms with van der Waals surface area (Å²) in [7, 11) is 1.31. The van der Waals surface area contributed by atoms with Crippen molar-refractivity contribution in [1.82, 2.24) is 0 Å². The van der Waals surface area contributed by atoms with Gasteiger partial charge < -0.3 is 24.5 Å². The van der Waals surface area contributed by atoms with E-state index in [0.29, 0.717) is 5.56 Å². The first-order valence-electron chi connectivity index (χ1n) is 6.32. The van der Waals surface area contributed by atoms with Crippen LogP contribution in [-0.2, 0) is 0 Å². The summed E-state index contributed by atoms with van der Waals surface area (Å²) in [5, 5.41) is 29.4. The van der Waals surface area contributed by atoms with E-state index in [2.05, 4.69) is 6.58 Å². The molecule has 6 nitrogen and oxygen atoms in total. The van der Waals surface area contributed by atoms with E-state index in [9.17, 15) is 20.1 Å². The average Bonchev–Trinajstić information content (AvgIpc) is 2.46. The summed E-state index contributed by atoms with van der Waals surface area (Å²) in [4.78, 5) is 12.6. The van der Waals surface area contributed by atoms with Crippen LogP contribution in [0.1, 0.15) is 5.56 Å². The summed E-state index contributed by atoms with van der Waals surface area (Å²) in [6.07, 6.45) is 1.39. The van der Waals surface area contributed by atoms with Crippen LogP contribution in [0, 0.1) is 0 Å². The third-order valence-electron chi connectivity index (χ3n) is 3.41. The number of phenols is 3. The van der Waals surface area contributed by atoms with E-state index < -0.39 is 11.2 Å². The molecule has 1 aromatic heterocycles. The Morgan fingerprint density at radius 2 is 1.82 bits per heavy atom. The molecule has 22 heavy (non-hydrogen) atoms. The minimum Gasteiger partial charge on any atom is -0.508 e. The van der Waals surface area contributed by atoms with Crippen molar-refractivity contribution in [2.75, 3.05) is 7.11 Å². The SMILES string of the molecule is C=Cc1cc2oc3cc(O)cc(O)c3c(=O)c2c(OC)c1O. The molecule has 2 aromatic carbocycles. The molecule has 0 fully saturated rings. The Balaban J connectivity index is 2.63. The Morgan fingerprint density at radius 1 is 1.14 bits per heavy atom. The molecule has 0 saturated heterocycles. The number of fused-ring (bicyclic) bond motifs is 2. The number of hydrogen-bond acceptors (Lipinski definition) is 6. The average molecular weight is 300 g/mol. The Labute approximate surface area is 124 Å². The fraction of sp³-hybridized carbons (Fsp3) is 0.0625. The summed E-state index contributed by atoms with van der Waals surface area (Å²) < 4.78 is 10.7. The van der Waals surface area contributed by atoms with Gasteiger partial charge in [-0.15, -0.1) is 0 Å². The van der Waals surface area contributed by atoms with E-state index in [0.717, 1.165) is 6.07 Å². The molecule has 1 heterocycles. The van der Waals surface area contributed by atoms with Gasteiger partial charge in [0.1, 0.15) is 33.4 Å². The van der Waals surface area contributed by atoms with Gasteiger partial charge in [0.15, 0.2) is 11.5 Å². The summed E-state index contributed by atoms with van der Waals surface area (Å²) in [5.74, 6) is -0.951. The zero-order valence-electron chi connectivity index (χ0n) is 11.6. The van der Waals surface area contributed by atoms with Crippen molar-refractivity contribution >= 4 is 28.0 Å². The zero-order chi connectivity index (χ0) is 16.0. The number of benzene rings is 2. The van der Waals surface area contributed by atoms with Gasteiger partial charge in [-0.25, -0.2) is 0 Å². The summed E-state index contributed by atoms with van der Waals surface area (Å²) >= 11 is 0. The summed E-state index contributed by atoms with van der Waals surface area (Å²) in [6.45, 7) is 3.57. The maximum atomic E-state index is 12.6. The number of rotatable bonds is 2. The van der Waals surface area contributed by atoms with Gasteiger partial charge >= 0.3 is 0 Å². The highest BCUT2D eigenvalue weighted by atomic mass is 16.5. The number of hydrogen-bond donors (Lipinski definition) is 3. The summed E-state index contributed by atoms with van der Waals surface area (Å²) in [6, 6.07) is 3.69. The van der Waals surface area contributed by atoms with E-state index >= 15 is 0 Å². The number of methoxy groups -OCH3 is 1. The van der Waals surface area contributed by atoms with Crippen molar-refractivity contribution < 1.29 is 24.5 Å². The maximum absolute atomic E-state index is 12.6.